The molecule has 1 fully saturated rings. The molecule has 8 heteroatoms. The summed E-state index contributed by atoms with van der Waals surface area (Å²) in [5.41, 5.74) is 0. The SMILES string of the molecule is N#Cc1ncn(CC(=O)N[C@H]2CCCCNC2=O)n1. The molecule has 1 aliphatic rings. The molecule has 0 radical (unpaired) electrons. The van der Waals surface area contributed by atoms with Crippen LogP contribution >= 0.6 is 0 Å². The monoisotopic (exact) mass is 262 g/mol. The van der Waals surface area contributed by atoms with Gasteiger partial charge in [-0.3, -0.25) is 9.59 Å². The van der Waals surface area contributed by atoms with Crippen molar-refractivity contribution < 1.29 is 9.59 Å². The molecule has 100 valence electrons. The van der Waals surface area contributed by atoms with E-state index in [0.717, 1.165) is 12.8 Å². The van der Waals surface area contributed by atoms with Crippen LogP contribution in [0, 0.1) is 11.3 Å². The van der Waals surface area contributed by atoms with Crippen molar-refractivity contribution in [3.05, 3.63) is 12.2 Å². The maximum absolute atomic E-state index is 11.8. The first-order valence-corrected chi connectivity index (χ1v) is 6.05. The second kappa shape index (κ2) is 5.95. The molecule has 0 unspecified atom stereocenters. The van der Waals surface area contributed by atoms with Crippen molar-refractivity contribution in [3.8, 4) is 6.07 Å². The van der Waals surface area contributed by atoms with Crippen LogP contribution in [0.15, 0.2) is 6.33 Å². The third kappa shape index (κ3) is 3.51. The number of nitriles is 1. The molecule has 1 aromatic heterocycles. The zero-order valence-corrected chi connectivity index (χ0v) is 10.3. The van der Waals surface area contributed by atoms with E-state index < -0.39 is 6.04 Å². The maximum atomic E-state index is 11.8. The van der Waals surface area contributed by atoms with E-state index in [4.69, 9.17) is 5.26 Å². The number of hydrogen-bond donors (Lipinski definition) is 2. The van der Waals surface area contributed by atoms with Gasteiger partial charge in [-0.15, -0.1) is 5.10 Å². The van der Waals surface area contributed by atoms with E-state index in [9.17, 15) is 9.59 Å². The van der Waals surface area contributed by atoms with Crippen molar-refractivity contribution in [1.29, 1.82) is 5.26 Å². The minimum Gasteiger partial charge on any atom is -0.354 e. The number of carbonyl (C=O) groups is 2. The average molecular weight is 262 g/mol. The standard InChI is InChI=1S/C11H14N6O2/c12-5-9-14-7-17(16-9)6-10(18)15-8-3-1-2-4-13-11(8)19/h7-8H,1-4,6H2,(H,13,19)(H,15,18)/t8-/m0/s1. The highest BCUT2D eigenvalue weighted by molar-refractivity contribution is 5.87. The minimum atomic E-state index is -0.492. The lowest BCUT2D eigenvalue weighted by molar-refractivity contribution is -0.129. The van der Waals surface area contributed by atoms with Gasteiger partial charge in [-0.05, 0) is 19.3 Å². The summed E-state index contributed by atoms with van der Waals surface area (Å²) in [6, 6.07) is 1.29. The summed E-state index contributed by atoms with van der Waals surface area (Å²) >= 11 is 0. The van der Waals surface area contributed by atoms with Crippen molar-refractivity contribution in [1.82, 2.24) is 25.4 Å². The molecule has 1 aliphatic heterocycles. The molecule has 2 heterocycles. The second-order valence-electron chi connectivity index (χ2n) is 4.28. The van der Waals surface area contributed by atoms with Crippen molar-refractivity contribution in [3.63, 3.8) is 0 Å². The quantitative estimate of drug-likeness (QED) is 0.720. The topological polar surface area (TPSA) is 113 Å². The van der Waals surface area contributed by atoms with Gasteiger partial charge in [0.2, 0.25) is 11.8 Å². The molecule has 2 amide bonds. The zero-order valence-electron chi connectivity index (χ0n) is 10.3. The van der Waals surface area contributed by atoms with Gasteiger partial charge in [-0.25, -0.2) is 9.67 Å². The maximum Gasteiger partial charge on any atom is 0.252 e. The fourth-order valence-corrected chi connectivity index (χ4v) is 1.89. The van der Waals surface area contributed by atoms with Gasteiger partial charge >= 0.3 is 0 Å². The van der Waals surface area contributed by atoms with Gasteiger partial charge in [0.25, 0.3) is 5.82 Å². The van der Waals surface area contributed by atoms with Crippen LogP contribution in [0.3, 0.4) is 0 Å². The smallest absolute Gasteiger partial charge is 0.252 e. The van der Waals surface area contributed by atoms with Crippen LogP contribution in [0.5, 0.6) is 0 Å². The molecule has 0 spiro atoms. The summed E-state index contributed by atoms with van der Waals surface area (Å²) in [6.07, 6.45) is 3.77. The van der Waals surface area contributed by atoms with Crippen LogP contribution in [0.1, 0.15) is 25.1 Å². The molecule has 0 aliphatic carbocycles. The van der Waals surface area contributed by atoms with Crippen LogP contribution in [0.4, 0.5) is 0 Å². The fourth-order valence-electron chi connectivity index (χ4n) is 1.89. The predicted molar refractivity (Wildman–Crippen MR) is 63.5 cm³/mol. The van der Waals surface area contributed by atoms with Crippen LogP contribution in [-0.4, -0.2) is 39.2 Å². The fraction of sp³-hybridized carbons (Fsp3) is 0.545. The summed E-state index contributed by atoms with van der Waals surface area (Å²) in [5.74, 6) is -0.460. The molecule has 2 N–H and O–H groups in total. The van der Waals surface area contributed by atoms with Crippen LogP contribution < -0.4 is 10.6 Å². The molecule has 2 rings (SSSR count). The first kappa shape index (κ1) is 13.0. The molecule has 1 saturated heterocycles. The van der Waals surface area contributed by atoms with Crippen molar-refractivity contribution >= 4 is 11.8 Å². The Hall–Kier alpha value is -2.43. The van der Waals surface area contributed by atoms with Gasteiger partial charge in [-0.1, -0.05) is 0 Å². The Kier molecular flexibility index (Phi) is 4.07. The third-order valence-electron chi connectivity index (χ3n) is 2.81. The van der Waals surface area contributed by atoms with Gasteiger partial charge in [0.05, 0.1) is 0 Å². The number of rotatable bonds is 3. The Balaban J connectivity index is 1.89. The van der Waals surface area contributed by atoms with E-state index in [0.29, 0.717) is 13.0 Å². The predicted octanol–water partition coefficient (Wildman–Crippen LogP) is -1.07. The summed E-state index contributed by atoms with van der Waals surface area (Å²) in [7, 11) is 0. The number of aromatic nitrogens is 3. The Labute approximate surface area is 109 Å². The van der Waals surface area contributed by atoms with E-state index >= 15 is 0 Å². The highest BCUT2D eigenvalue weighted by Gasteiger charge is 2.22. The lowest BCUT2D eigenvalue weighted by Crippen LogP contribution is -2.46. The molecule has 1 aromatic rings. The molecule has 8 nitrogen and oxygen atoms in total. The van der Waals surface area contributed by atoms with Gasteiger partial charge in [0, 0.05) is 6.54 Å². The number of nitrogens with zero attached hydrogens (tertiary/aromatic N) is 4. The Morgan fingerprint density at radius 1 is 1.63 bits per heavy atom. The summed E-state index contributed by atoms with van der Waals surface area (Å²) in [5, 5.41) is 17.8. The van der Waals surface area contributed by atoms with Gasteiger partial charge in [0.15, 0.2) is 0 Å². The van der Waals surface area contributed by atoms with E-state index in [1.54, 1.807) is 6.07 Å². The number of amides is 2. The third-order valence-corrected chi connectivity index (χ3v) is 2.81. The summed E-state index contributed by atoms with van der Waals surface area (Å²) in [6.45, 7) is 0.596. The molecule has 0 saturated carbocycles. The zero-order chi connectivity index (χ0) is 13.7. The molecule has 0 bridgehead atoms. The number of hydrogen-bond acceptors (Lipinski definition) is 5. The first-order valence-electron chi connectivity index (χ1n) is 6.05. The lowest BCUT2D eigenvalue weighted by Gasteiger charge is -2.14. The van der Waals surface area contributed by atoms with Gasteiger partial charge in [-0.2, -0.15) is 5.26 Å². The lowest BCUT2D eigenvalue weighted by atomic mass is 10.1. The highest BCUT2D eigenvalue weighted by Crippen LogP contribution is 2.05. The van der Waals surface area contributed by atoms with Crippen LogP contribution in [0.2, 0.25) is 0 Å². The van der Waals surface area contributed by atoms with E-state index in [1.807, 2.05) is 0 Å². The van der Waals surface area contributed by atoms with Crippen molar-refractivity contribution in [2.45, 2.75) is 31.8 Å². The van der Waals surface area contributed by atoms with Gasteiger partial charge < -0.3 is 10.6 Å². The largest absolute Gasteiger partial charge is 0.354 e. The number of carbonyl (C=O) groups excluding carboxylic acids is 2. The number of nitrogens with one attached hydrogen (secondary N) is 2. The normalized spacial score (nSPS) is 19.1. The summed E-state index contributed by atoms with van der Waals surface area (Å²) < 4.78 is 1.27. The Morgan fingerprint density at radius 3 is 3.21 bits per heavy atom. The van der Waals surface area contributed by atoms with Crippen LogP contribution in [0.25, 0.3) is 0 Å². The Morgan fingerprint density at radius 2 is 2.47 bits per heavy atom. The van der Waals surface area contributed by atoms with Gasteiger partial charge in [0.1, 0.15) is 25.0 Å². The van der Waals surface area contributed by atoms with E-state index in [1.165, 1.54) is 11.0 Å². The minimum absolute atomic E-state index is 0.0139. The van der Waals surface area contributed by atoms with Crippen LogP contribution in [-0.2, 0) is 16.1 Å². The Bertz CT molecular complexity index is 518. The van der Waals surface area contributed by atoms with E-state index in [2.05, 4.69) is 20.7 Å². The van der Waals surface area contributed by atoms with E-state index in [-0.39, 0.29) is 24.2 Å². The molecule has 1 atom stereocenters. The summed E-state index contributed by atoms with van der Waals surface area (Å²) in [4.78, 5) is 27.1. The molecular formula is C11H14N6O2. The highest BCUT2D eigenvalue weighted by atomic mass is 16.2. The molecular weight excluding hydrogens is 248 g/mol. The van der Waals surface area contributed by atoms with Crippen molar-refractivity contribution in [2.75, 3.05) is 6.54 Å². The first-order chi connectivity index (χ1) is 9.19. The average Bonchev–Trinajstić information content (AvgIpc) is 2.74. The van der Waals surface area contributed by atoms with Crippen molar-refractivity contribution in [2.24, 2.45) is 0 Å². The molecule has 0 aromatic carbocycles. The second-order valence-corrected chi connectivity index (χ2v) is 4.28. The molecule has 19 heavy (non-hydrogen) atoms.